The smallest absolute Gasteiger partial charge is 0.254 e. The Bertz CT molecular complexity index is 603. The number of nitrogens with one attached hydrogen (secondary N) is 1. The molecule has 6 nitrogen and oxygen atoms in total. The topological polar surface area (TPSA) is 61.9 Å². The normalized spacial score (nSPS) is 21.0. The van der Waals surface area contributed by atoms with Gasteiger partial charge < -0.3 is 19.9 Å². The van der Waals surface area contributed by atoms with Crippen LogP contribution in [0.1, 0.15) is 25.0 Å². The Balaban J connectivity index is 2.01. The van der Waals surface area contributed by atoms with E-state index >= 15 is 0 Å². The van der Waals surface area contributed by atoms with E-state index in [2.05, 4.69) is 16.3 Å². The fourth-order valence-corrected chi connectivity index (χ4v) is 2.86. The van der Waals surface area contributed by atoms with Gasteiger partial charge in [-0.3, -0.25) is 9.59 Å². The molecule has 1 aliphatic rings. The van der Waals surface area contributed by atoms with Crippen LogP contribution in [-0.2, 0) is 27.4 Å². The quantitative estimate of drug-likeness (QED) is 0.873. The van der Waals surface area contributed by atoms with Crippen molar-refractivity contribution < 1.29 is 14.3 Å². The molecule has 0 aromatic heterocycles. The largest absolute Gasteiger partial charge is 0.362 e. The van der Waals surface area contributed by atoms with Gasteiger partial charge in [0.2, 0.25) is 5.91 Å². The summed E-state index contributed by atoms with van der Waals surface area (Å²) >= 11 is 0. The van der Waals surface area contributed by atoms with E-state index in [4.69, 9.17) is 4.74 Å². The average Bonchev–Trinajstić information content (AvgIpc) is 2.53. The number of carbonyl (C=O) groups excluding carboxylic acids is 2. The van der Waals surface area contributed by atoms with Crippen molar-refractivity contribution >= 4 is 11.8 Å². The second-order valence-electron chi connectivity index (χ2n) is 6.71. The van der Waals surface area contributed by atoms with E-state index in [0.717, 1.165) is 12.1 Å². The van der Waals surface area contributed by atoms with Gasteiger partial charge in [-0.1, -0.05) is 24.3 Å². The maximum absolute atomic E-state index is 12.6. The summed E-state index contributed by atoms with van der Waals surface area (Å²) in [5.74, 6) is -0.221. The maximum atomic E-state index is 12.6. The van der Waals surface area contributed by atoms with Crippen LogP contribution in [0.25, 0.3) is 0 Å². The van der Waals surface area contributed by atoms with Gasteiger partial charge in [-0.15, -0.1) is 0 Å². The van der Waals surface area contributed by atoms with Crippen LogP contribution < -0.4 is 5.32 Å². The standard InChI is InChI=1S/C18H27N3O3/c1-14(22)21-9-10-24-18(2,13-21)17(23)19-11-15-7-5-6-8-16(15)12-20(3)4/h5-8H,9-13H2,1-4H3,(H,19,23)/t18-/m0/s1. The second kappa shape index (κ2) is 7.77. The molecule has 1 aliphatic heterocycles. The number of morpholine rings is 1. The van der Waals surface area contributed by atoms with Gasteiger partial charge in [-0.2, -0.15) is 0 Å². The van der Waals surface area contributed by atoms with Crippen molar-refractivity contribution in [2.24, 2.45) is 0 Å². The lowest BCUT2D eigenvalue weighted by Gasteiger charge is -2.38. The van der Waals surface area contributed by atoms with Gasteiger partial charge in [-0.05, 0) is 32.1 Å². The minimum atomic E-state index is -1.000. The third kappa shape index (κ3) is 4.55. The molecule has 1 aromatic rings. The Labute approximate surface area is 143 Å². The maximum Gasteiger partial charge on any atom is 0.254 e. The van der Waals surface area contributed by atoms with Crippen LogP contribution >= 0.6 is 0 Å². The summed E-state index contributed by atoms with van der Waals surface area (Å²) in [5.41, 5.74) is 1.27. The van der Waals surface area contributed by atoms with Crippen molar-refractivity contribution in [1.82, 2.24) is 15.1 Å². The highest BCUT2D eigenvalue weighted by Gasteiger charge is 2.39. The van der Waals surface area contributed by atoms with Gasteiger partial charge in [0.15, 0.2) is 5.60 Å². The monoisotopic (exact) mass is 333 g/mol. The molecule has 1 aromatic carbocycles. The van der Waals surface area contributed by atoms with E-state index in [0.29, 0.717) is 19.7 Å². The van der Waals surface area contributed by atoms with E-state index in [-0.39, 0.29) is 18.4 Å². The number of rotatable bonds is 5. The van der Waals surface area contributed by atoms with Crippen LogP contribution in [-0.4, -0.2) is 61.0 Å². The van der Waals surface area contributed by atoms with Crippen molar-refractivity contribution in [1.29, 1.82) is 0 Å². The molecule has 1 saturated heterocycles. The molecule has 0 spiro atoms. The van der Waals surface area contributed by atoms with Crippen LogP contribution in [0.15, 0.2) is 24.3 Å². The van der Waals surface area contributed by atoms with Crippen molar-refractivity contribution in [3.63, 3.8) is 0 Å². The molecule has 0 unspecified atom stereocenters. The van der Waals surface area contributed by atoms with Crippen LogP contribution in [0.2, 0.25) is 0 Å². The highest BCUT2D eigenvalue weighted by molar-refractivity contribution is 5.86. The van der Waals surface area contributed by atoms with Crippen LogP contribution in [0.3, 0.4) is 0 Å². The number of ether oxygens (including phenoxy) is 1. The highest BCUT2D eigenvalue weighted by Crippen LogP contribution is 2.19. The molecular formula is C18H27N3O3. The summed E-state index contributed by atoms with van der Waals surface area (Å²) in [5, 5.41) is 2.96. The molecule has 1 fully saturated rings. The van der Waals surface area contributed by atoms with E-state index in [1.54, 1.807) is 11.8 Å². The lowest BCUT2D eigenvalue weighted by Crippen LogP contribution is -2.58. The zero-order chi connectivity index (χ0) is 17.7. The molecule has 1 N–H and O–H groups in total. The SMILES string of the molecule is CC(=O)N1CCO[C@](C)(C(=O)NCc2ccccc2CN(C)C)C1. The van der Waals surface area contributed by atoms with Gasteiger partial charge in [-0.25, -0.2) is 0 Å². The predicted molar refractivity (Wildman–Crippen MR) is 92.3 cm³/mol. The molecule has 0 radical (unpaired) electrons. The number of amides is 2. The summed E-state index contributed by atoms with van der Waals surface area (Å²) in [6, 6.07) is 8.06. The van der Waals surface area contributed by atoms with Crippen LogP contribution in [0.5, 0.6) is 0 Å². The molecule has 24 heavy (non-hydrogen) atoms. The molecule has 2 rings (SSSR count). The van der Waals surface area contributed by atoms with E-state index < -0.39 is 5.60 Å². The predicted octanol–water partition coefficient (Wildman–Crippen LogP) is 1.00. The van der Waals surface area contributed by atoms with Crippen LogP contribution in [0.4, 0.5) is 0 Å². The number of carbonyl (C=O) groups is 2. The molecule has 6 heteroatoms. The van der Waals surface area contributed by atoms with E-state index in [1.807, 2.05) is 32.3 Å². The number of hydrogen-bond acceptors (Lipinski definition) is 4. The summed E-state index contributed by atoms with van der Waals surface area (Å²) in [7, 11) is 4.03. The fourth-order valence-electron chi connectivity index (χ4n) is 2.86. The summed E-state index contributed by atoms with van der Waals surface area (Å²) < 4.78 is 5.68. The molecule has 132 valence electrons. The van der Waals surface area contributed by atoms with Crippen molar-refractivity contribution in [2.45, 2.75) is 32.5 Å². The van der Waals surface area contributed by atoms with Gasteiger partial charge in [0.05, 0.1) is 13.2 Å². The lowest BCUT2D eigenvalue weighted by molar-refractivity contribution is -0.162. The van der Waals surface area contributed by atoms with Crippen molar-refractivity contribution in [3.05, 3.63) is 35.4 Å². The average molecular weight is 333 g/mol. The van der Waals surface area contributed by atoms with Gasteiger partial charge in [0.25, 0.3) is 5.91 Å². The molecule has 1 heterocycles. The number of nitrogens with zero attached hydrogens (tertiary/aromatic N) is 2. The summed E-state index contributed by atoms with van der Waals surface area (Å²) in [4.78, 5) is 27.9. The zero-order valence-corrected chi connectivity index (χ0v) is 15.0. The molecule has 0 saturated carbocycles. The van der Waals surface area contributed by atoms with Crippen molar-refractivity contribution in [3.8, 4) is 0 Å². The molecule has 0 aliphatic carbocycles. The van der Waals surface area contributed by atoms with Crippen molar-refractivity contribution in [2.75, 3.05) is 33.8 Å². The Kier molecular flexibility index (Phi) is 5.96. The first kappa shape index (κ1) is 18.4. The van der Waals surface area contributed by atoms with Crippen LogP contribution in [0, 0.1) is 0 Å². The Morgan fingerprint density at radius 3 is 2.58 bits per heavy atom. The number of benzene rings is 1. The zero-order valence-electron chi connectivity index (χ0n) is 15.0. The third-order valence-corrected chi connectivity index (χ3v) is 4.24. The first-order valence-corrected chi connectivity index (χ1v) is 8.21. The first-order valence-electron chi connectivity index (χ1n) is 8.21. The van der Waals surface area contributed by atoms with Gasteiger partial charge >= 0.3 is 0 Å². The Hall–Kier alpha value is -1.92. The van der Waals surface area contributed by atoms with E-state index in [9.17, 15) is 9.59 Å². The molecular weight excluding hydrogens is 306 g/mol. The van der Waals surface area contributed by atoms with Gasteiger partial charge in [0, 0.05) is 26.6 Å². The first-order chi connectivity index (χ1) is 11.3. The molecule has 1 atom stereocenters. The summed E-state index contributed by atoms with van der Waals surface area (Å²) in [6.45, 7) is 5.71. The summed E-state index contributed by atoms with van der Waals surface area (Å²) in [6.07, 6.45) is 0. The molecule has 0 bridgehead atoms. The molecule has 2 amide bonds. The fraction of sp³-hybridized carbons (Fsp3) is 0.556. The minimum absolute atomic E-state index is 0.0337. The lowest BCUT2D eigenvalue weighted by atomic mass is 10.0. The number of hydrogen-bond donors (Lipinski definition) is 1. The highest BCUT2D eigenvalue weighted by atomic mass is 16.5. The minimum Gasteiger partial charge on any atom is -0.362 e. The Morgan fingerprint density at radius 1 is 1.29 bits per heavy atom. The second-order valence-corrected chi connectivity index (χ2v) is 6.71. The van der Waals surface area contributed by atoms with Gasteiger partial charge in [0.1, 0.15) is 0 Å². The Morgan fingerprint density at radius 2 is 1.96 bits per heavy atom. The third-order valence-electron chi connectivity index (χ3n) is 4.24. The van der Waals surface area contributed by atoms with E-state index in [1.165, 1.54) is 12.5 Å².